The molecule has 1 saturated carbocycles. The van der Waals surface area contributed by atoms with E-state index in [1.54, 1.807) is 23.1 Å². The molecule has 3 amide bonds. The summed E-state index contributed by atoms with van der Waals surface area (Å²) in [6.07, 6.45) is 7.29. The van der Waals surface area contributed by atoms with E-state index in [-0.39, 0.29) is 23.4 Å². The number of methoxy groups -OCH3 is 1. The van der Waals surface area contributed by atoms with Gasteiger partial charge < -0.3 is 15.0 Å². The number of sulfonamides is 1. The lowest BCUT2D eigenvalue weighted by atomic mass is 9.98. The van der Waals surface area contributed by atoms with Gasteiger partial charge in [-0.05, 0) is 54.5 Å². The molecule has 2 aromatic carbocycles. The largest absolute Gasteiger partial charge is 0.453 e. The van der Waals surface area contributed by atoms with Crippen LogP contribution < -0.4 is 10.1 Å². The van der Waals surface area contributed by atoms with Crippen LogP contribution in [-0.2, 0) is 14.8 Å². The second-order valence-corrected chi connectivity index (χ2v) is 11.4. The molecule has 36 heavy (non-hydrogen) atoms. The first-order valence-electron chi connectivity index (χ1n) is 12.8. The molecular formula is C26H36N4O5S. The summed E-state index contributed by atoms with van der Waals surface area (Å²) in [4.78, 5) is 29.7. The summed E-state index contributed by atoms with van der Waals surface area (Å²) >= 11 is 0. The average Bonchev–Trinajstić information content (AvgIpc) is 3.16. The molecule has 2 aliphatic rings. The van der Waals surface area contributed by atoms with Crippen molar-refractivity contribution in [2.45, 2.75) is 62.3 Å². The number of carbonyl (C=O) groups is 2. The fraction of sp³-hybridized carbons (Fsp3) is 0.538. The second-order valence-electron chi connectivity index (χ2n) is 9.78. The number of hydrazine groups is 1. The summed E-state index contributed by atoms with van der Waals surface area (Å²) in [5, 5.41) is 5.97. The average molecular weight is 517 g/mol. The molecule has 0 aromatic heterocycles. The van der Waals surface area contributed by atoms with Gasteiger partial charge in [0.15, 0.2) is 0 Å². The summed E-state index contributed by atoms with van der Waals surface area (Å²) in [6.45, 7) is 1.14. The van der Waals surface area contributed by atoms with Gasteiger partial charge in [-0.3, -0.25) is 0 Å². The maximum Gasteiger partial charge on any atom is 0.409 e. The van der Waals surface area contributed by atoms with Gasteiger partial charge in [0, 0.05) is 25.7 Å². The zero-order chi connectivity index (χ0) is 25.5. The lowest BCUT2D eigenvalue weighted by Crippen LogP contribution is -2.55. The Morgan fingerprint density at radius 2 is 1.72 bits per heavy atom. The molecule has 0 bridgehead atoms. The van der Waals surface area contributed by atoms with Crippen LogP contribution in [-0.4, -0.2) is 63.2 Å². The predicted molar refractivity (Wildman–Crippen MR) is 138 cm³/mol. The van der Waals surface area contributed by atoms with Crippen LogP contribution in [0.1, 0.15) is 51.4 Å². The standard InChI is InChI=1S/C26H36N4O5S/c1-35-26(32)29-16-8-9-20(18-29)19-30(25(31)27-23-12-4-2-3-5-13-23)28-36(33,34)24-15-14-21-10-6-7-11-22(21)17-24/h6-7,10-11,14-15,17,20,23,28H,2-5,8-9,12-13,16,18-19H2,1H3,(H,27,31). The first-order valence-corrected chi connectivity index (χ1v) is 14.3. The highest BCUT2D eigenvalue weighted by Gasteiger charge is 2.30. The van der Waals surface area contributed by atoms with E-state index in [0.29, 0.717) is 13.1 Å². The van der Waals surface area contributed by atoms with E-state index < -0.39 is 22.1 Å². The summed E-state index contributed by atoms with van der Waals surface area (Å²) in [6, 6.07) is 12.0. The Labute approximate surface area is 213 Å². The van der Waals surface area contributed by atoms with E-state index in [1.807, 2.05) is 24.3 Å². The molecule has 1 saturated heterocycles. The zero-order valence-corrected chi connectivity index (χ0v) is 21.6. The van der Waals surface area contributed by atoms with Gasteiger partial charge in [-0.2, -0.15) is 0 Å². The van der Waals surface area contributed by atoms with Crippen molar-refractivity contribution in [2.24, 2.45) is 5.92 Å². The topological polar surface area (TPSA) is 108 Å². The van der Waals surface area contributed by atoms with Crippen LogP contribution in [0.4, 0.5) is 9.59 Å². The molecule has 1 atom stereocenters. The highest BCUT2D eigenvalue weighted by atomic mass is 32.2. The maximum atomic E-state index is 13.4. The number of amides is 3. The Hall–Kier alpha value is -2.85. The Balaban J connectivity index is 1.53. The van der Waals surface area contributed by atoms with Gasteiger partial charge in [-0.15, -0.1) is 4.83 Å². The van der Waals surface area contributed by atoms with Crippen molar-refractivity contribution in [1.82, 2.24) is 20.1 Å². The monoisotopic (exact) mass is 516 g/mol. The number of hydrogen-bond donors (Lipinski definition) is 2. The smallest absolute Gasteiger partial charge is 0.409 e. The second kappa shape index (κ2) is 11.9. The van der Waals surface area contributed by atoms with E-state index in [0.717, 1.165) is 62.1 Å². The van der Waals surface area contributed by atoms with Crippen LogP contribution >= 0.6 is 0 Å². The number of carbonyl (C=O) groups excluding carboxylic acids is 2. The van der Waals surface area contributed by atoms with Gasteiger partial charge >= 0.3 is 12.1 Å². The minimum Gasteiger partial charge on any atom is -0.453 e. The van der Waals surface area contributed by atoms with Crippen molar-refractivity contribution >= 4 is 32.9 Å². The SMILES string of the molecule is COC(=O)N1CCCC(CN(NS(=O)(=O)c2ccc3ccccc3c2)C(=O)NC2CCCCCC2)C1. The van der Waals surface area contributed by atoms with Gasteiger partial charge in [0.1, 0.15) is 0 Å². The number of hydrogen-bond acceptors (Lipinski definition) is 5. The van der Waals surface area contributed by atoms with E-state index in [2.05, 4.69) is 10.1 Å². The first-order chi connectivity index (χ1) is 17.4. The van der Waals surface area contributed by atoms with Gasteiger partial charge in [-0.25, -0.2) is 23.0 Å². The Kier molecular flexibility index (Phi) is 8.68. The Morgan fingerprint density at radius 3 is 2.44 bits per heavy atom. The highest BCUT2D eigenvalue weighted by molar-refractivity contribution is 7.89. The third-order valence-corrected chi connectivity index (χ3v) is 8.42. The van der Waals surface area contributed by atoms with Crippen molar-refractivity contribution in [3.05, 3.63) is 42.5 Å². The van der Waals surface area contributed by atoms with Crippen LogP contribution in [0, 0.1) is 5.92 Å². The summed E-state index contributed by atoms with van der Waals surface area (Å²) in [5.74, 6) is -0.0861. The Morgan fingerprint density at radius 1 is 1.00 bits per heavy atom. The zero-order valence-electron chi connectivity index (χ0n) is 20.8. The van der Waals surface area contributed by atoms with Crippen molar-refractivity contribution in [3.8, 4) is 0 Å². The summed E-state index contributed by atoms with van der Waals surface area (Å²) in [5.41, 5.74) is 0. The van der Waals surface area contributed by atoms with Crippen molar-refractivity contribution in [3.63, 3.8) is 0 Å². The van der Waals surface area contributed by atoms with E-state index in [1.165, 1.54) is 12.1 Å². The fourth-order valence-electron chi connectivity index (χ4n) is 5.14. The highest BCUT2D eigenvalue weighted by Crippen LogP contribution is 2.22. The molecule has 2 N–H and O–H groups in total. The number of fused-ring (bicyclic) bond motifs is 1. The molecule has 2 aromatic rings. The summed E-state index contributed by atoms with van der Waals surface area (Å²) < 4.78 is 31.6. The maximum absolute atomic E-state index is 13.4. The molecule has 1 unspecified atom stereocenters. The molecule has 2 fully saturated rings. The van der Waals surface area contributed by atoms with Crippen LogP contribution in [0.2, 0.25) is 0 Å². The number of urea groups is 1. The van der Waals surface area contributed by atoms with E-state index in [4.69, 9.17) is 4.74 Å². The molecule has 4 rings (SSSR count). The van der Waals surface area contributed by atoms with Crippen LogP contribution in [0.5, 0.6) is 0 Å². The van der Waals surface area contributed by atoms with Gasteiger partial charge in [0.2, 0.25) is 0 Å². The van der Waals surface area contributed by atoms with Crippen molar-refractivity contribution in [2.75, 3.05) is 26.7 Å². The summed E-state index contributed by atoms with van der Waals surface area (Å²) in [7, 11) is -2.68. The lowest BCUT2D eigenvalue weighted by molar-refractivity contribution is 0.0922. The fourth-order valence-corrected chi connectivity index (χ4v) is 6.22. The van der Waals surface area contributed by atoms with Gasteiger partial charge in [0.25, 0.3) is 10.0 Å². The molecule has 9 nitrogen and oxygen atoms in total. The van der Waals surface area contributed by atoms with Crippen LogP contribution in [0.15, 0.2) is 47.4 Å². The molecule has 196 valence electrons. The molecule has 1 heterocycles. The normalized spacial score (nSPS) is 19.5. The molecule has 0 radical (unpaired) electrons. The van der Waals surface area contributed by atoms with Crippen molar-refractivity contribution < 1.29 is 22.7 Å². The number of piperidine rings is 1. The third kappa shape index (κ3) is 6.67. The molecule has 1 aliphatic carbocycles. The Bertz CT molecular complexity index is 1160. The number of rotatable bonds is 6. The number of likely N-dealkylation sites (tertiary alicyclic amines) is 1. The third-order valence-electron chi connectivity index (χ3n) is 7.08. The molecule has 0 spiro atoms. The number of ether oxygens (including phenoxy) is 1. The number of nitrogens with one attached hydrogen (secondary N) is 2. The quantitative estimate of drug-likeness (QED) is 0.441. The van der Waals surface area contributed by atoms with Crippen LogP contribution in [0.25, 0.3) is 10.8 Å². The van der Waals surface area contributed by atoms with E-state index >= 15 is 0 Å². The van der Waals surface area contributed by atoms with Crippen molar-refractivity contribution in [1.29, 1.82) is 0 Å². The molecule has 1 aliphatic heterocycles. The molecular weight excluding hydrogens is 480 g/mol. The minimum absolute atomic E-state index is 0.0191. The predicted octanol–water partition coefficient (Wildman–Crippen LogP) is 4.25. The van der Waals surface area contributed by atoms with Gasteiger partial charge in [0.05, 0.1) is 12.0 Å². The van der Waals surface area contributed by atoms with Crippen LogP contribution in [0.3, 0.4) is 0 Å². The first kappa shape index (κ1) is 26.2. The lowest BCUT2D eigenvalue weighted by Gasteiger charge is -2.35. The number of nitrogens with zero attached hydrogens (tertiary/aromatic N) is 2. The van der Waals surface area contributed by atoms with Gasteiger partial charge in [-0.1, -0.05) is 56.0 Å². The molecule has 10 heteroatoms. The number of benzene rings is 2. The van der Waals surface area contributed by atoms with E-state index in [9.17, 15) is 18.0 Å². The minimum atomic E-state index is -4.02.